The second-order valence-electron chi connectivity index (χ2n) is 7.20. The predicted octanol–water partition coefficient (Wildman–Crippen LogP) is 2.41. The van der Waals surface area contributed by atoms with Gasteiger partial charge in [0.05, 0.1) is 19.6 Å². The molecule has 25 heavy (non-hydrogen) atoms. The number of piperidine rings is 1. The fraction of sp³-hybridized carbons (Fsp3) is 0.600. The first-order valence-electron chi connectivity index (χ1n) is 9.23. The highest BCUT2D eigenvalue weighted by atomic mass is 16.5. The summed E-state index contributed by atoms with van der Waals surface area (Å²) in [6.45, 7) is 1.73. The molecule has 0 N–H and O–H groups in total. The van der Waals surface area contributed by atoms with Crippen molar-refractivity contribution in [2.24, 2.45) is 5.92 Å². The molecule has 0 aromatic heterocycles. The number of hydrogen-bond acceptors (Lipinski definition) is 4. The first-order valence-corrected chi connectivity index (χ1v) is 9.23. The van der Waals surface area contributed by atoms with Crippen LogP contribution >= 0.6 is 0 Å². The summed E-state index contributed by atoms with van der Waals surface area (Å²) in [5.41, 5.74) is 2.78. The Balaban J connectivity index is 1.56. The van der Waals surface area contributed by atoms with E-state index in [1.165, 1.54) is 24.7 Å². The van der Waals surface area contributed by atoms with Crippen molar-refractivity contribution >= 4 is 11.9 Å². The van der Waals surface area contributed by atoms with Gasteiger partial charge in [0.1, 0.15) is 0 Å². The van der Waals surface area contributed by atoms with Gasteiger partial charge < -0.3 is 9.64 Å². The largest absolute Gasteiger partial charge is 0.469 e. The Morgan fingerprint density at radius 1 is 1.20 bits per heavy atom. The van der Waals surface area contributed by atoms with Crippen molar-refractivity contribution < 1.29 is 14.3 Å². The van der Waals surface area contributed by atoms with Crippen LogP contribution in [0.4, 0.5) is 0 Å². The van der Waals surface area contributed by atoms with E-state index in [9.17, 15) is 9.59 Å². The van der Waals surface area contributed by atoms with E-state index in [2.05, 4.69) is 29.2 Å². The maximum absolute atomic E-state index is 12.7. The number of likely N-dealkylation sites (N-methyl/N-ethyl adjacent to an activating group) is 1. The molecule has 1 aromatic carbocycles. The third-order valence-corrected chi connectivity index (χ3v) is 5.64. The SMILES string of the molecule is COC(=O)C1CCN(C(=O)CN(C)[C@@H]2CCCc3ccccc32)CC1. The zero-order valence-corrected chi connectivity index (χ0v) is 15.2. The molecular weight excluding hydrogens is 316 g/mol. The van der Waals surface area contributed by atoms with Crippen molar-refractivity contribution in [3.05, 3.63) is 35.4 Å². The molecule has 3 rings (SSSR count). The standard InChI is InChI=1S/C20H28N2O3/c1-21(18-9-5-7-15-6-3-4-8-17(15)18)14-19(23)22-12-10-16(11-13-22)20(24)25-2/h3-4,6,8,16,18H,5,7,9-14H2,1-2H3/t18-/m1/s1. The lowest BCUT2D eigenvalue weighted by Gasteiger charge is -2.36. The molecule has 1 saturated heterocycles. The summed E-state index contributed by atoms with van der Waals surface area (Å²) in [7, 11) is 3.47. The van der Waals surface area contributed by atoms with Crippen LogP contribution in [0.5, 0.6) is 0 Å². The minimum absolute atomic E-state index is 0.0583. The number of methoxy groups -OCH3 is 1. The quantitative estimate of drug-likeness (QED) is 0.787. The van der Waals surface area contributed by atoms with Gasteiger partial charge in [-0.2, -0.15) is 0 Å². The van der Waals surface area contributed by atoms with Crippen molar-refractivity contribution in [1.82, 2.24) is 9.80 Å². The van der Waals surface area contributed by atoms with E-state index in [0.717, 1.165) is 12.8 Å². The van der Waals surface area contributed by atoms with E-state index in [4.69, 9.17) is 4.74 Å². The summed E-state index contributed by atoms with van der Waals surface area (Å²) in [6.07, 6.45) is 4.81. The van der Waals surface area contributed by atoms with Gasteiger partial charge in [0, 0.05) is 19.1 Å². The van der Waals surface area contributed by atoms with Gasteiger partial charge in [-0.25, -0.2) is 0 Å². The van der Waals surface area contributed by atoms with E-state index in [1.54, 1.807) is 0 Å². The Morgan fingerprint density at radius 2 is 1.92 bits per heavy atom. The maximum Gasteiger partial charge on any atom is 0.308 e. The Labute approximate surface area is 149 Å². The summed E-state index contributed by atoms with van der Waals surface area (Å²) >= 11 is 0. The molecule has 1 amide bonds. The van der Waals surface area contributed by atoms with Gasteiger partial charge in [-0.15, -0.1) is 0 Å². The van der Waals surface area contributed by atoms with E-state index < -0.39 is 0 Å². The number of benzene rings is 1. The monoisotopic (exact) mass is 344 g/mol. The van der Waals surface area contributed by atoms with Gasteiger partial charge >= 0.3 is 5.97 Å². The van der Waals surface area contributed by atoms with Crippen molar-refractivity contribution in [3.8, 4) is 0 Å². The van der Waals surface area contributed by atoms with Crippen molar-refractivity contribution in [1.29, 1.82) is 0 Å². The normalized spacial score (nSPS) is 21.1. The van der Waals surface area contributed by atoms with Crippen LogP contribution in [-0.4, -0.2) is 55.5 Å². The second-order valence-corrected chi connectivity index (χ2v) is 7.20. The predicted molar refractivity (Wildman–Crippen MR) is 96.1 cm³/mol. The molecule has 1 aromatic rings. The number of ether oxygens (including phenoxy) is 1. The Kier molecular flexibility index (Phi) is 5.74. The van der Waals surface area contributed by atoms with E-state index >= 15 is 0 Å². The minimum atomic E-state index is -0.150. The summed E-state index contributed by atoms with van der Waals surface area (Å²) in [5, 5.41) is 0. The lowest BCUT2D eigenvalue weighted by molar-refractivity contribution is -0.149. The number of likely N-dealkylation sites (tertiary alicyclic amines) is 1. The maximum atomic E-state index is 12.7. The van der Waals surface area contributed by atoms with Crippen molar-refractivity contribution in [3.63, 3.8) is 0 Å². The van der Waals surface area contributed by atoms with Gasteiger partial charge in [-0.3, -0.25) is 14.5 Å². The van der Waals surface area contributed by atoms with Crippen LogP contribution in [0.2, 0.25) is 0 Å². The molecule has 2 aliphatic rings. The molecule has 5 nitrogen and oxygen atoms in total. The van der Waals surface area contributed by atoms with E-state index in [-0.39, 0.29) is 17.8 Å². The summed E-state index contributed by atoms with van der Waals surface area (Å²) in [6, 6.07) is 8.90. The second kappa shape index (κ2) is 8.00. The lowest BCUT2D eigenvalue weighted by atomic mass is 9.87. The average molecular weight is 344 g/mol. The van der Waals surface area contributed by atoms with Crippen LogP contribution in [0.25, 0.3) is 0 Å². The highest BCUT2D eigenvalue weighted by Gasteiger charge is 2.30. The van der Waals surface area contributed by atoms with Gasteiger partial charge in [0.25, 0.3) is 0 Å². The lowest BCUT2D eigenvalue weighted by Crippen LogP contribution is -2.45. The van der Waals surface area contributed by atoms with E-state index in [0.29, 0.717) is 38.5 Å². The van der Waals surface area contributed by atoms with Crippen LogP contribution in [0.1, 0.15) is 42.9 Å². The van der Waals surface area contributed by atoms with Crippen LogP contribution < -0.4 is 0 Å². The number of rotatable bonds is 4. The number of carbonyl (C=O) groups is 2. The summed E-state index contributed by atoms with van der Waals surface area (Å²) in [4.78, 5) is 28.4. The molecule has 136 valence electrons. The number of nitrogens with zero attached hydrogens (tertiary/aromatic N) is 2. The van der Waals surface area contributed by atoms with Crippen molar-refractivity contribution in [2.75, 3.05) is 33.8 Å². The number of aryl methyl sites for hydroxylation is 1. The molecular formula is C20H28N2O3. The third-order valence-electron chi connectivity index (χ3n) is 5.64. The number of carbonyl (C=O) groups excluding carboxylic acids is 2. The molecule has 1 atom stereocenters. The van der Waals surface area contributed by atoms with Gasteiger partial charge in [-0.1, -0.05) is 24.3 Å². The van der Waals surface area contributed by atoms with Crippen molar-refractivity contribution in [2.45, 2.75) is 38.1 Å². The Morgan fingerprint density at radius 3 is 2.64 bits per heavy atom. The fourth-order valence-electron chi connectivity index (χ4n) is 4.14. The van der Waals surface area contributed by atoms with Gasteiger partial charge in [0.15, 0.2) is 0 Å². The molecule has 0 bridgehead atoms. The molecule has 5 heteroatoms. The topological polar surface area (TPSA) is 49.9 Å². The molecule has 0 radical (unpaired) electrons. The molecule has 0 saturated carbocycles. The molecule has 1 aliphatic carbocycles. The van der Waals surface area contributed by atoms with Gasteiger partial charge in [0.2, 0.25) is 5.91 Å². The Hall–Kier alpha value is -1.88. The fourth-order valence-corrected chi connectivity index (χ4v) is 4.14. The highest BCUT2D eigenvalue weighted by molar-refractivity contribution is 5.79. The Bertz CT molecular complexity index is 623. The number of fused-ring (bicyclic) bond motifs is 1. The number of hydrogen-bond donors (Lipinski definition) is 0. The summed E-state index contributed by atoms with van der Waals surface area (Å²) < 4.78 is 4.81. The first kappa shape index (κ1) is 17.9. The van der Waals surface area contributed by atoms with Crippen LogP contribution in [0.15, 0.2) is 24.3 Å². The van der Waals surface area contributed by atoms with Crippen LogP contribution in [0.3, 0.4) is 0 Å². The average Bonchev–Trinajstić information content (AvgIpc) is 2.66. The molecule has 1 aliphatic heterocycles. The summed E-state index contributed by atoms with van der Waals surface area (Å²) in [5.74, 6) is -0.0473. The van der Waals surface area contributed by atoms with E-state index in [1.807, 2.05) is 11.9 Å². The zero-order chi connectivity index (χ0) is 17.8. The smallest absolute Gasteiger partial charge is 0.308 e. The zero-order valence-electron chi connectivity index (χ0n) is 15.2. The highest BCUT2D eigenvalue weighted by Crippen LogP contribution is 2.33. The third kappa shape index (κ3) is 4.03. The molecule has 0 spiro atoms. The minimum Gasteiger partial charge on any atom is -0.469 e. The van der Waals surface area contributed by atoms with Crippen LogP contribution in [0, 0.1) is 5.92 Å². The number of esters is 1. The molecule has 0 unspecified atom stereocenters. The van der Waals surface area contributed by atoms with Crippen LogP contribution in [-0.2, 0) is 20.7 Å². The van der Waals surface area contributed by atoms with Gasteiger partial charge in [-0.05, 0) is 50.3 Å². The first-order chi connectivity index (χ1) is 12.1. The number of amides is 1. The molecule has 1 fully saturated rings. The molecule has 1 heterocycles.